The van der Waals surface area contributed by atoms with Crippen molar-refractivity contribution in [2.45, 2.75) is 66.0 Å². The maximum absolute atomic E-state index is 12.7. The number of halogens is 1. The molecule has 1 aromatic heterocycles. The van der Waals surface area contributed by atoms with Gasteiger partial charge < -0.3 is 15.6 Å². The van der Waals surface area contributed by atoms with Crippen molar-refractivity contribution in [2.75, 3.05) is 56.9 Å². The van der Waals surface area contributed by atoms with Crippen LogP contribution in [0.2, 0.25) is 0 Å². The van der Waals surface area contributed by atoms with Crippen LogP contribution in [-0.4, -0.2) is 92.4 Å². The van der Waals surface area contributed by atoms with Crippen molar-refractivity contribution >= 4 is 39.0 Å². The number of ketones is 1. The molecule has 4 N–H and O–H groups in total. The first kappa shape index (κ1) is 34.7. The molecule has 0 amide bonds. The van der Waals surface area contributed by atoms with Gasteiger partial charge >= 0.3 is 0 Å². The van der Waals surface area contributed by atoms with Gasteiger partial charge in [0.15, 0.2) is 17.4 Å². The first-order chi connectivity index (χ1) is 19.4. The summed E-state index contributed by atoms with van der Waals surface area (Å²) in [6, 6.07) is 0.634. The van der Waals surface area contributed by atoms with Gasteiger partial charge in [-0.15, -0.1) is 0 Å². The quantitative estimate of drug-likeness (QED) is 0.268. The molecular formula is C28H46ClN7O4S. The molecule has 11 nitrogen and oxygen atoms in total. The normalized spacial score (nSPS) is 20.2. The van der Waals surface area contributed by atoms with E-state index in [1.807, 2.05) is 25.7 Å². The Morgan fingerprint density at radius 2 is 1.85 bits per heavy atom. The van der Waals surface area contributed by atoms with Crippen LogP contribution < -0.4 is 20.9 Å². The van der Waals surface area contributed by atoms with Crippen molar-refractivity contribution in [3.05, 3.63) is 50.3 Å². The number of nitrogens with zero attached hydrogens (tertiary/aromatic N) is 4. The molecule has 2 aliphatic rings. The van der Waals surface area contributed by atoms with E-state index in [1.54, 1.807) is 0 Å². The summed E-state index contributed by atoms with van der Waals surface area (Å²) < 4.78 is 27.6. The lowest BCUT2D eigenvalue weighted by Crippen LogP contribution is -2.59. The summed E-state index contributed by atoms with van der Waals surface area (Å²) in [5.41, 5.74) is 6.30. The fourth-order valence-electron chi connectivity index (χ4n) is 5.39. The van der Waals surface area contributed by atoms with Crippen molar-refractivity contribution in [1.82, 2.24) is 24.5 Å². The smallest absolute Gasteiger partial charge is 0.291 e. The number of H-pyrrole nitrogens is 1. The third kappa shape index (κ3) is 8.74. The summed E-state index contributed by atoms with van der Waals surface area (Å²) in [4.78, 5) is 38.1. The van der Waals surface area contributed by atoms with Gasteiger partial charge in [0.25, 0.3) is 5.56 Å². The molecule has 0 saturated carbocycles. The van der Waals surface area contributed by atoms with E-state index < -0.39 is 15.6 Å². The molecule has 2 fully saturated rings. The number of rotatable bonds is 10. The lowest BCUT2D eigenvalue weighted by Gasteiger charge is -2.47. The third-order valence-corrected chi connectivity index (χ3v) is 9.35. The predicted octanol–water partition coefficient (Wildman–Crippen LogP) is 3.08. The van der Waals surface area contributed by atoms with Crippen molar-refractivity contribution in [1.29, 1.82) is 0 Å². The number of piperidine rings is 1. The number of sulfonamides is 1. The highest BCUT2D eigenvalue weighted by Gasteiger charge is 2.34. The SMILES string of the molecule is C=C/C(Cl)=C\C(=C(/C)CN1CCC(N2CCN(c3nc(N)c(C(C)=O)[nH]c3=O)CC2CC)CC1)S(=O)(=O)NC.CC. The summed E-state index contributed by atoms with van der Waals surface area (Å²) in [7, 11) is -2.28. The van der Waals surface area contributed by atoms with Crippen LogP contribution in [0.15, 0.2) is 39.0 Å². The molecule has 3 heterocycles. The zero-order valence-corrected chi connectivity index (χ0v) is 26.7. The molecule has 1 aromatic rings. The molecule has 0 aliphatic carbocycles. The number of aromatic nitrogens is 2. The Morgan fingerprint density at radius 3 is 2.39 bits per heavy atom. The van der Waals surface area contributed by atoms with Crippen LogP contribution in [0.1, 0.15) is 64.4 Å². The standard InChI is InChI=1S/C26H40ClN7O4S.C2H6/c1-6-19(27)14-22(39(37,38)29-5)17(3)15-32-10-8-21(9-11-32)34-13-12-33(16-20(34)7-2)25-26(36)30-23(18(4)35)24(28)31-25;1-2/h6,14,20-21,29H,1,7-13,15-16H2,2-5H3,(H2,28,31)(H,30,36);1-2H3/b19-14+,22-17-;. The van der Waals surface area contributed by atoms with Crippen molar-refractivity contribution < 1.29 is 13.2 Å². The van der Waals surface area contributed by atoms with E-state index in [9.17, 15) is 18.0 Å². The zero-order chi connectivity index (χ0) is 30.9. The van der Waals surface area contributed by atoms with E-state index in [0.717, 1.165) is 44.5 Å². The van der Waals surface area contributed by atoms with Crippen LogP contribution in [0, 0.1) is 0 Å². The number of nitrogens with one attached hydrogen (secondary N) is 2. The summed E-state index contributed by atoms with van der Waals surface area (Å²) in [6.07, 6.45) is 5.69. The number of anilines is 2. The van der Waals surface area contributed by atoms with Gasteiger partial charge in [0.05, 0.1) is 4.91 Å². The summed E-state index contributed by atoms with van der Waals surface area (Å²) in [5, 5.41) is 0.265. The number of nitrogen functional groups attached to an aromatic ring is 1. The maximum Gasteiger partial charge on any atom is 0.291 e. The Kier molecular flexibility index (Phi) is 13.2. The monoisotopic (exact) mass is 611 g/mol. The molecule has 3 rings (SSSR count). The van der Waals surface area contributed by atoms with Crippen LogP contribution in [0.25, 0.3) is 0 Å². The summed E-state index contributed by atoms with van der Waals surface area (Å²) in [5.74, 6) is -0.0309. The van der Waals surface area contributed by atoms with Crippen LogP contribution in [0.3, 0.4) is 0 Å². The van der Waals surface area contributed by atoms with Crippen LogP contribution >= 0.6 is 11.6 Å². The van der Waals surface area contributed by atoms with Crippen molar-refractivity contribution in [3.8, 4) is 0 Å². The van der Waals surface area contributed by atoms with E-state index in [0.29, 0.717) is 25.7 Å². The van der Waals surface area contributed by atoms with Gasteiger partial charge in [-0.2, -0.15) is 0 Å². The number of likely N-dealkylation sites (tertiary alicyclic amines) is 1. The highest BCUT2D eigenvalue weighted by molar-refractivity contribution is 7.93. The molecule has 1 atom stereocenters. The Balaban J connectivity index is 0.00000287. The molecule has 2 saturated heterocycles. The van der Waals surface area contributed by atoms with E-state index in [2.05, 4.69) is 38.0 Å². The van der Waals surface area contributed by atoms with Crippen molar-refractivity contribution in [3.63, 3.8) is 0 Å². The van der Waals surface area contributed by atoms with E-state index in [1.165, 1.54) is 26.1 Å². The molecule has 0 radical (unpaired) electrons. The summed E-state index contributed by atoms with van der Waals surface area (Å²) >= 11 is 6.08. The van der Waals surface area contributed by atoms with Crippen LogP contribution in [0.5, 0.6) is 0 Å². The number of nitrogens with two attached hydrogens (primary N) is 1. The molecular weight excluding hydrogens is 566 g/mol. The van der Waals surface area contributed by atoms with Gasteiger partial charge in [-0.1, -0.05) is 45.0 Å². The first-order valence-corrected chi connectivity index (χ1v) is 16.0. The predicted molar refractivity (Wildman–Crippen MR) is 168 cm³/mol. The van der Waals surface area contributed by atoms with Gasteiger partial charge in [-0.3, -0.25) is 19.4 Å². The van der Waals surface area contributed by atoms with Gasteiger partial charge in [0.2, 0.25) is 10.0 Å². The number of carbonyl (C=O) groups is 1. The van der Waals surface area contributed by atoms with Gasteiger partial charge in [0, 0.05) is 50.2 Å². The second-order valence-electron chi connectivity index (χ2n) is 10.0. The van der Waals surface area contributed by atoms with E-state index >= 15 is 0 Å². The molecule has 0 bridgehead atoms. The van der Waals surface area contributed by atoms with Crippen molar-refractivity contribution in [2.24, 2.45) is 0 Å². The summed E-state index contributed by atoms with van der Waals surface area (Å²) in [6.45, 7) is 17.2. The Bertz CT molecular complexity index is 1300. The number of piperazine rings is 1. The fourth-order valence-corrected chi connectivity index (χ4v) is 6.59. The number of hydrogen-bond acceptors (Lipinski definition) is 9. The first-order valence-electron chi connectivity index (χ1n) is 14.2. The number of allylic oxidation sites excluding steroid dienone is 3. The number of hydrogen-bond donors (Lipinski definition) is 3. The zero-order valence-electron chi connectivity index (χ0n) is 25.2. The third-order valence-electron chi connectivity index (χ3n) is 7.50. The average molecular weight is 612 g/mol. The maximum atomic E-state index is 12.7. The molecule has 13 heteroatoms. The second-order valence-corrected chi connectivity index (χ2v) is 12.3. The minimum atomic E-state index is -3.67. The molecule has 2 aliphatic heterocycles. The highest BCUT2D eigenvalue weighted by Crippen LogP contribution is 2.26. The minimum Gasteiger partial charge on any atom is -0.382 e. The molecule has 41 heavy (non-hydrogen) atoms. The van der Waals surface area contributed by atoms with Gasteiger partial charge in [-0.25, -0.2) is 18.1 Å². The molecule has 0 aromatic carbocycles. The molecule has 230 valence electrons. The average Bonchev–Trinajstić information content (AvgIpc) is 2.97. The number of carbonyl (C=O) groups excluding carboxylic acids is 1. The van der Waals surface area contributed by atoms with Gasteiger partial charge in [-0.05, 0) is 58.0 Å². The largest absolute Gasteiger partial charge is 0.382 e. The lowest BCUT2D eigenvalue weighted by atomic mass is 9.98. The number of aromatic amines is 1. The highest BCUT2D eigenvalue weighted by atomic mass is 35.5. The fraction of sp³-hybridized carbons (Fsp3) is 0.607. The molecule has 0 spiro atoms. The van der Waals surface area contributed by atoms with Gasteiger partial charge in [0.1, 0.15) is 5.69 Å². The Morgan fingerprint density at radius 1 is 1.22 bits per heavy atom. The lowest BCUT2D eigenvalue weighted by molar-refractivity contribution is 0.0657. The minimum absolute atomic E-state index is 0.0391. The Labute approximate surface area is 249 Å². The number of Topliss-reactive ketones (excluding diaryl/α,β-unsaturated/α-hetero) is 1. The van der Waals surface area contributed by atoms with Crippen LogP contribution in [0.4, 0.5) is 11.6 Å². The molecule has 1 unspecified atom stereocenters. The van der Waals surface area contributed by atoms with E-state index in [4.69, 9.17) is 17.3 Å². The Hall–Kier alpha value is -2.51. The van der Waals surface area contributed by atoms with E-state index in [-0.39, 0.29) is 39.1 Å². The second kappa shape index (κ2) is 15.6. The topological polar surface area (TPSA) is 145 Å². The van der Waals surface area contributed by atoms with Crippen LogP contribution in [-0.2, 0) is 10.0 Å².